The number of rotatable bonds is 59. The normalized spacial score (nSPS) is 13.2. The molecule has 0 fully saturated rings. The van der Waals surface area contributed by atoms with Crippen LogP contribution in [0.3, 0.4) is 0 Å². The van der Waals surface area contributed by atoms with E-state index in [1.54, 1.807) is 0 Å². The first-order chi connectivity index (χ1) is 33.4. The Morgan fingerprint density at radius 1 is 0.250 bits per heavy atom. The van der Waals surface area contributed by atoms with Gasteiger partial charge in [-0.2, -0.15) is 0 Å². The van der Waals surface area contributed by atoms with E-state index >= 15 is 0 Å². The molecule has 0 aromatic heterocycles. The summed E-state index contributed by atoms with van der Waals surface area (Å²) in [6.45, 7) is 23.0. The van der Waals surface area contributed by atoms with E-state index in [0.29, 0.717) is 10.5 Å². The third kappa shape index (κ3) is 46.8. The number of unbranched alkanes of at least 4 members (excludes halogenated alkanes) is 30. The zero-order chi connectivity index (χ0) is 49.8. The monoisotopic (exact) mass is 1110 g/mol. The van der Waals surface area contributed by atoms with Gasteiger partial charge in [-0.05, 0) is 77.8 Å². The minimum Gasteiger partial charge on any atom is -0.373 e. The van der Waals surface area contributed by atoms with Crippen LogP contribution in [0.2, 0.25) is 12.1 Å². The highest BCUT2D eigenvalue weighted by atomic mass is 33.9. The van der Waals surface area contributed by atoms with Crippen LogP contribution >= 0.6 is 60.9 Å². The molecule has 0 saturated carbocycles. The van der Waals surface area contributed by atoms with Gasteiger partial charge < -0.3 is 26.6 Å². The molecule has 0 aliphatic heterocycles. The largest absolute Gasteiger partial charge is 0.502 e. The highest BCUT2D eigenvalue weighted by molar-refractivity contribution is 9.41. The Morgan fingerprint density at radius 2 is 0.426 bits per heavy atom. The third-order valence-electron chi connectivity index (χ3n) is 12.5. The fourth-order valence-corrected chi connectivity index (χ4v) is 28.1. The van der Waals surface area contributed by atoms with Crippen LogP contribution in [0.4, 0.5) is 0 Å². The first-order valence-electron chi connectivity index (χ1n) is 29.2. The highest BCUT2D eigenvalue weighted by Crippen LogP contribution is 2.55. The van der Waals surface area contributed by atoms with Gasteiger partial charge in [0.25, 0.3) is 0 Å². The van der Waals surface area contributed by atoms with Gasteiger partial charge in [-0.1, -0.05) is 270 Å². The quantitative estimate of drug-likeness (QED) is 0.0331. The van der Waals surface area contributed by atoms with Crippen molar-refractivity contribution in [1.82, 2.24) is 0 Å². The van der Waals surface area contributed by atoms with Gasteiger partial charge in [-0.3, -0.25) is 0 Å². The first-order valence-corrected chi connectivity index (χ1v) is 40.7. The Balaban J connectivity index is 5.56. The van der Waals surface area contributed by atoms with Crippen molar-refractivity contribution in [3.8, 4) is 0 Å². The van der Waals surface area contributed by atoms with E-state index < -0.39 is 17.6 Å². The molecule has 410 valence electrons. The standard InChI is InChI=1S/C54H114O6S6Si2/c1-9-15-21-27-33-39-45-55-67(56-46-40-34-28-22-16-10-2,57-47-41-35-29-23-17-11-3)51-53(7)61-63-65-66-64-62-54(8)52-68(58-48-42-36-30-24-18-12-4,59-49-43-37-31-25-19-13-5)60-50-44-38-32-26-20-14-6/h53-54H,9-52H2,1-8H3. The zero-order valence-electron chi connectivity index (χ0n) is 46.2. The lowest BCUT2D eigenvalue weighted by Gasteiger charge is -2.32. The predicted octanol–water partition coefficient (Wildman–Crippen LogP) is 21.9. The van der Waals surface area contributed by atoms with Crippen molar-refractivity contribution in [2.75, 3.05) is 39.6 Å². The Hall–Kier alpha value is 2.29. The molecule has 0 radical (unpaired) electrons. The van der Waals surface area contributed by atoms with E-state index in [1.807, 2.05) is 60.9 Å². The zero-order valence-corrected chi connectivity index (χ0v) is 53.1. The second kappa shape index (κ2) is 55.5. The molecule has 0 amide bonds. The van der Waals surface area contributed by atoms with Crippen LogP contribution in [0.5, 0.6) is 0 Å². The van der Waals surface area contributed by atoms with Crippen molar-refractivity contribution >= 4 is 78.5 Å². The summed E-state index contributed by atoms with van der Waals surface area (Å²) in [5, 5.41) is 0.746. The Kier molecular flexibility index (Phi) is 57.4. The summed E-state index contributed by atoms with van der Waals surface area (Å²) >= 11 is 0. The second-order valence-corrected chi connectivity index (χ2v) is 35.1. The average Bonchev–Trinajstić information content (AvgIpc) is 3.33. The fourth-order valence-electron chi connectivity index (χ4n) is 8.22. The van der Waals surface area contributed by atoms with Crippen LogP contribution in [-0.4, -0.2) is 67.8 Å². The Labute approximate surface area is 450 Å². The molecule has 2 unspecified atom stereocenters. The molecule has 0 aliphatic carbocycles. The van der Waals surface area contributed by atoms with Crippen LogP contribution in [0.15, 0.2) is 0 Å². The van der Waals surface area contributed by atoms with Crippen LogP contribution in [0.1, 0.15) is 287 Å². The van der Waals surface area contributed by atoms with Crippen LogP contribution < -0.4 is 0 Å². The number of hydrogen-bond donors (Lipinski definition) is 0. The van der Waals surface area contributed by atoms with E-state index in [4.69, 9.17) is 26.6 Å². The maximum atomic E-state index is 6.88. The van der Waals surface area contributed by atoms with Crippen molar-refractivity contribution in [3.05, 3.63) is 0 Å². The maximum Gasteiger partial charge on any atom is 0.502 e. The Bertz CT molecular complexity index is 820. The van der Waals surface area contributed by atoms with Gasteiger partial charge in [0, 0.05) is 62.2 Å². The van der Waals surface area contributed by atoms with E-state index in [-0.39, 0.29) is 0 Å². The lowest BCUT2D eigenvalue weighted by Crippen LogP contribution is -2.48. The highest BCUT2D eigenvalue weighted by Gasteiger charge is 2.44. The minimum absolute atomic E-state index is 0.373. The molecule has 0 heterocycles. The molecule has 0 aromatic carbocycles. The van der Waals surface area contributed by atoms with Gasteiger partial charge in [0.15, 0.2) is 0 Å². The molecule has 0 rings (SSSR count). The van der Waals surface area contributed by atoms with Gasteiger partial charge in [-0.15, -0.1) is 0 Å². The van der Waals surface area contributed by atoms with E-state index in [1.165, 1.54) is 193 Å². The molecule has 0 spiro atoms. The lowest BCUT2D eigenvalue weighted by molar-refractivity contribution is 0.0547. The molecular weight excluding hydrogens is 993 g/mol. The molecule has 2 atom stereocenters. The predicted molar refractivity (Wildman–Crippen MR) is 322 cm³/mol. The molecule has 0 saturated heterocycles. The summed E-state index contributed by atoms with van der Waals surface area (Å²) in [4.78, 5) is 0. The first kappa shape index (κ1) is 70.3. The third-order valence-corrected chi connectivity index (χ3v) is 30.8. The van der Waals surface area contributed by atoms with Crippen molar-refractivity contribution in [2.45, 2.75) is 309 Å². The molecule has 68 heavy (non-hydrogen) atoms. The van der Waals surface area contributed by atoms with Crippen molar-refractivity contribution in [2.24, 2.45) is 0 Å². The summed E-state index contributed by atoms with van der Waals surface area (Å²) in [5.74, 6) is 0. The molecule has 0 aromatic rings. The molecular formula is C54H114O6S6Si2. The summed E-state index contributed by atoms with van der Waals surface area (Å²) in [6.07, 6.45) is 45.4. The van der Waals surface area contributed by atoms with Crippen LogP contribution in [0.25, 0.3) is 0 Å². The SMILES string of the molecule is CCCCCCCCO[Si](CC(C)SSSSSSC(C)C[Si](OCCCCCCCC)(OCCCCCCCC)OCCCCCCCC)(OCCCCCCCC)OCCCCCCCC. The molecule has 0 N–H and O–H groups in total. The van der Waals surface area contributed by atoms with Crippen molar-refractivity contribution < 1.29 is 26.6 Å². The van der Waals surface area contributed by atoms with Gasteiger partial charge in [0.2, 0.25) is 0 Å². The average molecular weight is 1110 g/mol. The minimum atomic E-state index is -2.85. The summed E-state index contributed by atoms with van der Waals surface area (Å²) < 4.78 is 41.3. The molecule has 0 bridgehead atoms. The van der Waals surface area contributed by atoms with Crippen molar-refractivity contribution in [3.63, 3.8) is 0 Å². The van der Waals surface area contributed by atoms with E-state index in [9.17, 15) is 0 Å². The summed E-state index contributed by atoms with van der Waals surface area (Å²) in [6, 6.07) is 1.75. The maximum absolute atomic E-state index is 6.88. The molecule has 14 heteroatoms. The van der Waals surface area contributed by atoms with E-state index in [2.05, 4.69) is 55.4 Å². The summed E-state index contributed by atoms with van der Waals surface area (Å²) in [7, 11) is 5.78. The van der Waals surface area contributed by atoms with Crippen LogP contribution in [0, 0.1) is 0 Å². The van der Waals surface area contributed by atoms with Gasteiger partial charge in [0.1, 0.15) is 0 Å². The smallest absolute Gasteiger partial charge is 0.373 e. The second-order valence-electron chi connectivity index (χ2n) is 19.6. The lowest BCUT2D eigenvalue weighted by atomic mass is 10.1. The van der Waals surface area contributed by atoms with E-state index in [0.717, 1.165) is 90.3 Å². The fraction of sp³-hybridized carbons (Fsp3) is 1.00. The molecule has 0 aliphatic rings. The summed E-state index contributed by atoms with van der Waals surface area (Å²) in [5.41, 5.74) is 0. The van der Waals surface area contributed by atoms with Gasteiger partial charge in [-0.25, -0.2) is 0 Å². The van der Waals surface area contributed by atoms with Gasteiger partial charge >= 0.3 is 17.6 Å². The van der Waals surface area contributed by atoms with Gasteiger partial charge in [0.05, 0.1) is 0 Å². The van der Waals surface area contributed by atoms with Crippen LogP contribution in [-0.2, 0) is 26.6 Å². The molecule has 6 nitrogen and oxygen atoms in total. The topological polar surface area (TPSA) is 55.4 Å². The van der Waals surface area contributed by atoms with Crippen molar-refractivity contribution in [1.29, 1.82) is 0 Å². The number of hydrogen-bond acceptors (Lipinski definition) is 12. The Morgan fingerprint density at radius 3 is 0.618 bits per heavy atom.